The number of halogens is 6. The van der Waals surface area contributed by atoms with E-state index < -0.39 is 64.4 Å². The van der Waals surface area contributed by atoms with Gasteiger partial charge in [-0.1, -0.05) is 18.0 Å². The number of rotatable bonds is 1. The molecule has 35 heavy (non-hydrogen) atoms. The fourth-order valence-electron chi connectivity index (χ4n) is 3.42. The number of oxime groups is 1. The Bertz CT molecular complexity index is 1090. The Morgan fingerprint density at radius 3 is 2.29 bits per heavy atom. The molecule has 3 N–H and O–H groups in total. The minimum absolute atomic E-state index is 0.00581. The fourth-order valence-corrected chi connectivity index (χ4v) is 3.42. The van der Waals surface area contributed by atoms with Gasteiger partial charge in [0.15, 0.2) is 5.69 Å². The predicted molar refractivity (Wildman–Crippen MR) is 112 cm³/mol. The molecule has 0 aliphatic carbocycles. The average molecular weight is 509 g/mol. The molecule has 0 fully saturated rings. The van der Waals surface area contributed by atoms with E-state index in [2.05, 4.69) is 20.3 Å². The molecule has 0 unspecified atom stereocenters. The summed E-state index contributed by atoms with van der Waals surface area (Å²) in [7, 11) is 0. The molecule has 8 nitrogen and oxygen atoms in total. The van der Waals surface area contributed by atoms with Gasteiger partial charge in [0.2, 0.25) is 5.60 Å². The lowest BCUT2D eigenvalue weighted by molar-refractivity contribution is -0.277. The van der Waals surface area contributed by atoms with E-state index in [4.69, 9.17) is 15.0 Å². The van der Waals surface area contributed by atoms with Gasteiger partial charge in [-0.05, 0) is 52.5 Å². The first-order valence-electron chi connectivity index (χ1n) is 10.8. The van der Waals surface area contributed by atoms with E-state index >= 15 is 0 Å². The van der Waals surface area contributed by atoms with Crippen LogP contribution in [-0.4, -0.2) is 37.8 Å². The lowest BCUT2D eigenvalue weighted by Gasteiger charge is -2.27. The number of aliphatic hydroxyl groups is 1. The molecule has 3 heterocycles. The maximum atomic E-state index is 13.9. The molecule has 0 spiro atoms. The van der Waals surface area contributed by atoms with Gasteiger partial charge in [-0.15, -0.1) is 10.2 Å². The van der Waals surface area contributed by atoms with Gasteiger partial charge in [0.1, 0.15) is 17.0 Å². The molecular weight excluding hydrogens is 484 g/mol. The molecule has 0 radical (unpaired) electrons. The summed E-state index contributed by atoms with van der Waals surface area (Å²) in [6.45, 7) is 4.98. The van der Waals surface area contributed by atoms with Crippen molar-refractivity contribution in [3.05, 3.63) is 23.2 Å². The van der Waals surface area contributed by atoms with Crippen molar-refractivity contribution < 1.29 is 40.7 Å². The van der Waals surface area contributed by atoms with Crippen LogP contribution in [0, 0.1) is 0 Å². The van der Waals surface area contributed by atoms with E-state index in [-0.39, 0.29) is 31.4 Å². The normalized spacial score (nSPS) is 21.6. The third-order valence-electron chi connectivity index (χ3n) is 5.21. The number of nitrogens with two attached hydrogens (primary N) is 1. The summed E-state index contributed by atoms with van der Waals surface area (Å²) >= 11 is 0. The van der Waals surface area contributed by atoms with Crippen LogP contribution in [0.15, 0.2) is 15.6 Å². The molecule has 3 rings (SSSR count). The molecule has 1 aliphatic heterocycles. The summed E-state index contributed by atoms with van der Waals surface area (Å²) in [6, 6.07) is 0.579. The van der Waals surface area contributed by atoms with Gasteiger partial charge in [-0.2, -0.15) is 26.3 Å². The second-order valence-corrected chi connectivity index (χ2v) is 9.25. The summed E-state index contributed by atoms with van der Waals surface area (Å²) in [5.74, 6) is -1.83. The lowest BCUT2D eigenvalue weighted by Crippen LogP contribution is -2.42. The third-order valence-corrected chi connectivity index (χ3v) is 5.21. The highest BCUT2D eigenvalue weighted by Crippen LogP contribution is 2.44. The van der Waals surface area contributed by atoms with Crippen molar-refractivity contribution in [2.24, 2.45) is 5.16 Å². The Morgan fingerprint density at radius 1 is 1.03 bits per heavy atom. The zero-order chi connectivity index (χ0) is 26.2. The highest BCUT2D eigenvalue weighted by molar-refractivity contribution is 6.01. The highest BCUT2D eigenvalue weighted by atomic mass is 19.4. The number of anilines is 1. The van der Waals surface area contributed by atoms with Crippen molar-refractivity contribution in [3.63, 3.8) is 0 Å². The van der Waals surface area contributed by atoms with Crippen LogP contribution in [0.5, 0.6) is 0 Å². The van der Waals surface area contributed by atoms with Gasteiger partial charge in [-0.25, -0.2) is 4.98 Å². The first kappa shape index (κ1) is 26.7. The minimum atomic E-state index is -5.14. The van der Waals surface area contributed by atoms with Gasteiger partial charge in [0, 0.05) is 0 Å². The number of hydrogen-bond donors (Lipinski definition) is 2. The van der Waals surface area contributed by atoms with E-state index in [0.29, 0.717) is 12.5 Å². The van der Waals surface area contributed by atoms with Gasteiger partial charge in [0.25, 0.3) is 11.8 Å². The zero-order valence-corrected chi connectivity index (χ0v) is 19.2. The molecule has 194 valence electrons. The van der Waals surface area contributed by atoms with Crippen LogP contribution < -0.4 is 5.73 Å². The van der Waals surface area contributed by atoms with Gasteiger partial charge in [0.05, 0.1) is 11.3 Å². The maximum Gasteiger partial charge on any atom is 0.426 e. The average Bonchev–Trinajstić information content (AvgIpc) is 3.20. The number of nitrogens with zero attached hydrogens (tertiary/aromatic N) is 4. The van der Waals surface area contributed by atoms with Gasteiger partial charge < -0.3 is 20.1 Å². The van der Waals surface area contributed by atoms with E-state index in [1.165, 1.54) is 0 Å². The maximum absolute atomic E-state index is 13.9. The quantitative estimate of drug-likeness (QED) is 0.393. The second kappa shape index (κ2) is 9.28. The topological polar surface area (TPSA) is 120 Å². The zero-order valence-electron chi connectivity index (χ0n) is 19.2. The molecule has 4 bridgehead atoms. The number of aromatic nitrogens is 3. The fraction of sp³-hybridized carbons (Fsp3) is 0.619. The summed E-state index contributed by atoms with van der Waals surface area (Å²) in [5, 5.41) is 21.1. The van der Waals surface area contributed by atoms with Crippen LogP contribution in [-0.2, 0) is 16.6 Å². The molecule has 1 aliphatic rings. The largest absolute Gasteiger partial charge is 0.426 e. The minimum Gasteiger partial charge on any atom is -0.416 e. The summed E-state index contributed by atoms with van der Waals surface area (Å²) in [4.78, 5) is 9.32. The number of nitrogen functional groups attached to an aromatic ring is 1. The second-order valence-electron chi connectivity index (χ2n) is 9.25. The Kier molecular flexibility index (Phi) is 7.08. The van der Waals surface area contributed by atoms with Crippen molar-refractivity contribution in [1.29, 1.82) is 0 Å². The number of pyridine rings is 1. The van der Waals surface area contributed by atoms with Crippen LogP contribution in [0.2, 0.25) is 0 Å². The van der Waals surface area contributed by atoms with Crippen molar-refractivity contribution in [1.82, 2.24) is 15.2 Å². The van der Waals surface area contributed by atoms with Crippen molar-refractivity contribution >= 4 is 11.4 Å². The lowest BCUT2D eigenvalue weighted by atomic mass is 9.94. The van der Waals surface area contributed by atoms with E-state index in [9.17, 15) is 31.4 Å². The molecule has 0 amide bonds. The van der Waals surface area contributed by atoms with Gasteiger partial charge in [-0.3, -0.25) is 0 Å². The van der Waals surface area contributed by atoms with Crippen molar-refractivity contribution in [2.45, 2.75) is 82.9 Å². The van der Waals surface area contributed by atoms with Crippen LogP contribution in [0.3, 0.4) is 0 Å². The molecule has 0 saturated heterocycles. The van der Waals surface area contributed by atoms with Crippen molar-refractivity contribution in [3.8, 4) is 11.6 Å². The Labute approximate surface area is 196 Å². The number of fused-ring (bicyclic) bond motifs is 5. The van der Waals surface area contributed by atoms with E-state index in [0.717, 1.165) is 0 Å². The molecule has 14 heteroatoms. The smallest absolute Gasteiger partial charge is 0.416 e. The standard InChI is InChI=1S/C21H25F6N5O3/c1-18(2,3)35-32-13-8-6-4-5-7-9-19(33,21(25,26)27)17-31-30-16(34-17)15-12(28)10-11(14(13)29-15)20(22,23)24/h10,33H,4-9,28H2,1-3H3/t19-/m1/s1. The van der Waals surface area contributed by atoms with Crippen LogP contribution >= 0.6 is 0 Å². The third kappa shape index (κ3) is 5.85. The monoisotopic (exact) mass is 509 g/mol. The molecule has 1 atom stereocenters. The Hall–Kier alpha value is -2.90. The number of alkyl halides is 6. The highest BCUT2D eigenvalue weighted by Gasteiger charge is 2.58. The number of hydrogen-bond acceptors (Lipinski definition) is 8. The summed E-state index contributed by atoms with van der Waals surface area (Å²) in [5.41, 5.74) is -1.45. The molecule has 2 aromatic rings. The van der Waals surface area contributed by atoms with E-state index in [1.54, 1.807) is 20.8 Å². The van der Waals surface area contributed by atoms with Gasteiger partial charge >= 0.3 is 12.4 Å². The molecular formula is C21H25F6N5O3. The van der Waals surface area contributed by atoms with Crippen LogP contribution in [0.1, 0.15) is 76.4 Å². The molecule has 0 aromatic carbocycles. The molecule has 2 aromatic heterocycles. The first-order valence-corrected chi connectivity index (χ1v) is 10.8. The van der Waals surface area contributed by atoms with Crippen LogP contribution in [0.25, 0.3) is 11.6 Å². The predicted octanol–water partition coefficient (Wildman–Crippen LogP) is 5.36. The SMILES string of the molecule is CC(C)(C)ON=C1CCCCCC[C@](O)(C(F)(F)F)c2nnc(o2)-c2nc1c(C(F)(F)F)cc2N. The summed E-state index contributed by atoms with van der Waals surface area (Å²) in [6.07, 6.45) is -9.94. The first-order chi connectivity index (χ1) is 16.0. The van der Waals surface area contributed by atoms with Crippen molar-refractivity contribution in [2.75, 3.05) is 5.73 Å². The van der Waals surface area contributed by atoms with Crippen LogP contribution in [0.4, 0.5) is 32.0 Å². The Balaban J connectivity index is 2.25. The molecule has 0 saturated carbocycles. The van der Waals surface area contributed by atoms with E-state index in [1.807, 2.05) is 0 Å². The summed E-state index contributed by atoms with van der Waals surface area (Å²) < 4.78 is 87.9. The Morgan fingerprint density at radius 2 is 1.69 bits per heavy atom.